The second-order valence-electron chi connectivity index (χ2n) is 7.56. The summed E-state index contributed by atoms with van der Waals surface area (Å²) in [5.41, 5.74) is 5.98. The normalized spacial score (nSPS) is 16.2. The Morgan fingerprint density at radius 2 is 2.03 bits per heavy atom. The van der Waals surface area contributed by atoms with Crippen molar-refractivity contribution in [1.29, 1.82) is 0 Å². The van der Waals surface area contributed by atoms with E-state index in [1.54, 1.807) is 25.3 Å². The van der Waals surface area contributed by atoms with Crippen LogP contribution in [0.2, 0.25) is 0 Å². The largest absolute Gasteiger partial charge is 0.493 e. The molecule has 1 aromatic rings. The first-order valence-corrected chi connectivity index (χ1v) is 10.0. The number of nitrogens with two attached hydrogens (primary N) is 1. The molecule has 7 nitrogen and oxygen atoms in total. The third kappa shape index (κ3) is 7.40. The van der Waals surface area contributed by atoms with E-state index in [0.717, 1.165) is 19.3 Å². The molecule has 2 amide bonds. The summed E-state index contributed by atoms with van der Waals surface area (Å²) in [5.74, 6) is 1.46. The number of halogens is 1. The van der Waals surface area contributed by atoms with E-state index in [0.29, 0.717) is 55.6 Å². The second-order valence-corrected chi connectivity index (χ2v) is 7.56. The zero-order chi connectivity index (χ0) is 20.5. The molecular formula is C21H34ClN3O4. The minimum atomic E-state index is -0.0752. The number of hydrogen-bond donors (Lipinski definition) is 2. The van der Waals surface area contributed by atoms with Crippen molar-refractivity contribution in [2.75, 3.05) is 33.4 Å². The van der Waals surface area contributed by atoms with Gasteiger partial charge in [-0.15, -0.1) is 12.4 Å². The van der Waals surface area contributed by atoms with Gasteiger partial charge in [-0.1, -0.05) is 13.8 Å². The SMILES string of the molecule is COc1cc(C(=O)N2CCCCC2CNC(=O)CCN)ccc1OCC(C)C.Cl. The maximum Gasteiger partial charge on any atom is 0.254 e. The van der Waals surface area contributed by atoms with Gasteiger partial charge in [-0.3, -0.25) is 9.59 Å². The Hall–Kier alpha value is -1.99. The Balaban J connectivity index is 0.00000420. The molecule has 0 aliphatic carbocycles. The predicted molar refractivity (Wildman–Crippen MR) is 116 cm³/mol. The van der Waals surface area contributed by atoms with Gasteiger partial charge in [0.15, 0.2) is 11.5 Å². The van der Waals surface area contributed by atoms with Crippen molar-refractivity contribution < 1.29 is 19.1 Å². The minimum absolute atomic E-state index is 0. The summed E-state index contributed by atoms with van der Waals surface area (Å²) < 4.78 is 11.2. The van der Waals surface area contributed by atoms with Gasteiger partial charge in [0.1, 0.15) is 0 Å². The van der Waals surface area contributed by atoms with E-state index in [2.05, 4.69) is 19.2 Å². The molecule has 0 spiro atoms. The summed E-state index contributed by atoms with van der Waals surface area (Å²) in [6, 6.07) is 5.29. The molecule has 1 aliphatic rings. The highest BCUT2D eigenvalue weighted by molar-refractivity contribution is 5.95. The molecule has 0 saturated carbocycles. The Bertz CT molecular complexity index is 669. The van der Waals surface area contributed by atoms with Gasteiger partial charge in [0, 0.05) is 37.7 Å². The number of likely N-dealkylation sites (tertiary alicyclic amines) is 1. The van der Waals surface area contributed by atoms with Gasteiger partial charge in [-0.05, 0) is 43.4 Å². The van der Waals surface area contributed by atoms with Crippen LogP contribution in [0, 0.1) is 5.92 Å². The number of piperidine rings is 1. The lowest BCUT2D eigenvalue weighted by Gasteiger charge is -2.36. The van der Waals surface area contributed by atoms with Gasteiger partial charge in [0.25, 0.3) is 5.91 Å². The van der Waals surface area contributed by atoms with Crippen molar-refractivity contribution in [2.24, 2.45) is 11.7 Å². The van der Waals surface area contributed by atoms with Crippen LogP contribution in [0.5, 0.6) is 11.5 Å². The summed E-state index contributed by atoms with van der Waals surface area (Å²) in [4.78, 5) is 26.7. The number of ether oxygens (including phenoxy) is 2. The van der Waals surface area contributed by atoms with Crippen molar-refractivity contribution in [1.82, 2.24) is 10.2 Å². The Morgan fingerprint density at radius 3 is 2.69 bits per heavy atom. The lowest BCUT2D eigenvalue weighted by atomic mass is 10.0. The molecule has 1 unspecified atom stereocenters. The van der Waals surface area contributed by atoms with Crippen LogP contribution in [0.25, 0.3) is 0 Å². The highest BCUT2D eigenvalue weighted by atomic mass is 35.5. The number of rotatable bonds is 9. The third-order valence-electron chi connectivity index (χ3n) is 4.78. The van der Waals surface area contributed by atoms with E-state index < -0.39 is 0 Å². The maximum atomic E-state index is 13.1. The van der Waals surface area contributed by atoms with Crippen molar-refractivity contribution >= 4 is 24.2 Å². The topological polar surface area (TPSA) is 93.9 Å². The van der Waals surface area contributed by atoms with Gasteiger partial charge >= 0.3 is 0 Å². The summed E-state index contributed by atoms with van der Waals surface area (Å²) in [6.45, 7) is 6.20. The number of carbonyl (C=O) groups excluding carboxylic acids is 2. The average Bonchev–Trinajstić information content (AvgIpc) is 2.70. The van der Waals surface area contributed by atoms with Crippen molar-refractivity contribution in [3.8, 4) is 11.5 Å². The van der Waals surface area contributed by atoms with Crippen molar-refractivity contribution in [3.05, 3.63) is 23.8 Å². The van der Waals surface area contributed by atoms with E-state index >= 15 is 0 Å². The smallest absolute Gasteiger partial charge is 0.254 e. The molecule has 0 aromatic heterocycles. The first-order valence-electron chi connectivity index (χ1n) is 10.0. The van der Waals surface area contributed by atoms with Crippen LogP contribution in [0.15, 0.2) is 18.2 Å². The van der Waals surface area contributed by atoms with E-state index in [1.165, 1.54) is 0 Å². The zero-order valence-electron chi connectivity index (χ0n) is 17.6. The number of nitrogens with zero attached hydrogens (tertiary/aromatic N) is 1. The number of hydrogen-bond acceptors (Lipinski definition) is 5. The summed E-state index contributed by atoms with van der Waals surface area (Å²) in [6.07, 6.45) is 3.19. The van der Waals surface area contributed by atoms with Crippen molar-refractivity contribution in [2.45, 2.75) is 45.6 Å². The van der Waals surface area contributed by atoms with Crippen LogP contribution in [-0.4, -0.2) is 56.1 Å². The molecule has 1 aliphatic heterocycles. The number of methoxy groups -OCH3 is 1. The number of benzene rings is 1. The van der Waals surface area contributed by atoms with Gasteiger partial charge in [0.2, 0.25) is 5.91 Å². The van der Waals surface area contributed by atoms with Crippen LogP contribution < -0.4 is 20.5 Å². The molecule has 2 rings (SSSR count). The van der Waals surface area contributed by atoms with Gasteiger partial charge in [-0.2, -0.15) is 0 Å². The molecule has 164 valence electrons. The van der Waals surface area contributed by atoms with E-state index in [1.807, 2.05) is 4.90 Å². The van der Waals surface area contributed by atoms with Gasteiger partial charge in [0.05, 0.1) is 13.7 Å². The highest BCUT2D eigenvalue weighted by Crippen LogP contribution is 2.30. The fraction of sp³-hybridized carbons (Fsp3) is 0.619. The molecule has 29 heavy (non-hydrogen) atoms. The first-order chi connectivity index (χ1) is 13.5. The Labute approximate surface area is 179 Å². The van der Waals surface area contributed by atoms with Gasteiger partial charge in [-0.25, -0.2) is 0 Å². The molecule has 0 bridgehead atoms. The third-order valence-corrected chi connectivity index (χ3v) is 4.78. The molecule has 1 saturated heterocycles. The summed E-state index contributed by atoms with van der Waals surface area (Å²) >= 11 is 0. The van der Waals surface area contributed by atoms with E-state index in [9.17, 15) is 9.59 Å². The monoisotopic (exact) mass is 427 g/mol. The molecule has 1 aromatic carbocycles. The molecule has 1 heterocycles. The first kappa shape index (κ1) is 25.0. The summed E-state index contributed by atoms with van der Waals surface area (Å²) in [5, 5.41) is 2.89. The number of carbonyl (C=O) groups is 2. The lowest BCUT2D eigenvalue weighted by molar-refractivity contribution is -0.121. The number of amides is 2. The highest BCUT2D eigenvalue weighted by Gasteiger charge is 2.28. The fourth-order valence-electron chi connectivity index (χ4n) is 3.27. The standard InChI is InChI=1S/C21H33N3O4.ClH/c1-15(2)14-28-18-8-7-16(12-19(18)27-3)21(26)24-11-5-4-6-17(24)13-23-20(25)9-10-22;/h7-8,12,15,17H,4-6,9-11,13-14,22H2,1-3H3,(H,23,25);1H. The average molecular weight is 428 g/mol. The van der Waals surface area contributed by atoms with Gasteiger partial charge < -0.3 is 25.4 Å². The van der Waals surface area contributed by atoms with E-state index in [4.69, 9.17) is 15.2 Å². The predicted octanol–water partition coefficient (Wildman–Crippen LogP) is 2.61. The second kappa shape index (κ2) is 12.5. The molecule has 3 N–H and O–H groups in total. The zero-order valence-corrected chi connectivity index (χ0v) is 18.4. The van der Waals surface area contributed by atoms with Crippen LogP contribution in [-0.2, 0) is 4.79 Å². The molecular weight excluding hydrogens is 394 g/mol. The fourth-order valence-corrected chi connectivity index (χ4v) is 3.27. The maximum absolute atomic E-state index is 13.1. The summed E-state index contributed by atoms with van der Waals surface area (Å²) in [7, 11) is 1.57. The van der Waals surface area contributed by atoms with E-state index in [-0.39, 0.29) is 30.3 Å². The Morgan fingerprint density at radius 1 is 1.28 bits per heavy atom. The van der Waals surface area contributed by atoms with Crippen LogP contribution in [0.3, 0.4) is 0 Å². The molecule has 8 heteroatoms. The van der Waals surface area contributed by atoms with Crippen LogP contribution in [0.4, 0.5) is 0 Å². The van der Waals surface area contributed by atoms with Crippen molar-refractivity contribution in [3.63, 3.8) is 0 Å². The minimum Gasteiger partial charge on any atom is -0.493 e. The van der Waals surface area contributed by atoms with Crippen LogP contribution >= 0.6 is 12.4 Å². The molecule has 0 radical (unpaired) electrons. The molecule has 1 atom stereocenters. The quantitative estimate of drug-likeness (QED) is 0.631. The number of nitrogens with one attached hydrogen (secondary N) is 1. The lowest BCUT2D eigenvalue weighted by Crippen LogP contribution is -2.49. The van der Waals surface area contributed by atoms with Crippen LogP contribution in [0.1, 0.15) is 49.9 Å². The Kier molecular flexibility index (Phi) is 10.8. The molecule has 1 fully saturated rings.